The Morgan fingerprint density at radius 1 is 1.50 bits per heavy atom. The van der Waals surface area contributed by atoms with Crippen molar-refractivity contribution in [1.29, 1.82) is 0 Å². The van der Waals surface area contributed by atoms with E-state index in [1.165, 1.54) is 18.9 Å². The van der Waals surface area contributed by atoms with E-state index in [0.717, 1.165) is 0 Å². The highest BCUT2D eigenvalue weighted by Gasteiger charge is 2.20. The summed E-state index contributed by atoms with van der Waals surface area (Å²) in [5.74, 6) is -0.218. The topological polar surface area (TPSA) is 55.0 Å². The largest absolute Gasteiger partial charge is 0.496 e. The SMILES string of the molecule is COc1c(C)c(Br)c(F)c2nc(SC)[nH]c(=O)c12. The van der Waals surface area contributed by atoms with Crippen molar-refractivity contribution in [2.75, 3.05) is 13.4 Å². The molecule has 0 atom stereocenters. The molecule has 0 fully saturated rings. The highest BCUT2D eigenvalue weighted by molar-refractivity contribution is 9.10. The number of ether oxygens (including phenoxy) is 1. The minimum absolute atomic E-state index is 0.0115. The lowest BCUT2D eigenvalue weighted by Crippen LogP contribution is -2.12. The van der Waals surface area contributed by atoms with Crippen LogP contribution >= 0.6 is 27.7 Å². The highest BCUT2D eigenvalue weighted by atomic mass is 79.9. The van der Waals surface area contributed by atoms with E-state index < -0.39 is 11.4 Å². The number of halogens is 2. The third kappa shape index (κ3) is 1.91. The quantitative estimate of drug-likeness (QED) is 0.678. The van der Waals surface area contributed by atoms with E-state index in [9.17, 15) is 9.18 Å². The first-order valence-electron chi connectivity index (χ1n) is 5.00. The van der Waals surface area contributed by atoms with Crippen LogP contribution in [0.5, 0.6) is 5.75 Å². The number of hydrogen-bond donors (Lipinski definition) is 1. The number of nitrogens with zero attached hydrogens (tertiary/aromatic N) is 1. The van der Waals surface area contributed by atoms with Crippen molar-refractivity contribution in [2.24, 2.45) is 0 Å². The summed E-state index contributed by atoms with van der Waals surface area (Å²) in [5, 5.41) is 0.498. The van der Waals surface area contributed by atoms with Gasteiger partial charge < -0.3 is 9.72 Å². The minimum atomic E-state index is -0.551. The molecule has 0 saturated carbocycles. The van der Waals surface area contributed by atoms with Crippen LogP contribution in [0.15, 0.2) is 14.4 Å². The molecule has 0 aliphatic rings. The number of rotatable bonds is 2. The molecule has 1 aromatic heterocycles. The summed E-state index contributed by atoms with van der Waals surface area (Å²) in [4.78, 5) is 18.7. The van der Waals surface area contributed by atoms with Gasteiger partial charge in [0.2, 0.25) is 0 Å². The van der Waals surface area contributed by atoms with Crippen LogP contribution in [0, 0.1) is 12.7 Å². The van der Waals surface area contributed by atoms with Crippen molar-refractivity contribution in [3.05, 3.63) is 26.2 Å². The maximum Gasteiger partial charge on any atom is 0.263 e. The van der Waals surface area contributed by atoms with Crippen LogP contribution in [0.4, 0.5) is 4.39 Å². The summed E-state index contributed by atoms with van der Waals surface area (Å²) in [6.45, 7) is 1.67. The van der Waals surface area contributed by atoms with Gasteiger partial charge in [-0.2, -0.15) is 0 Å². The molecule has 0 bridgehead atoms. The van der Waals surface area contributed by atoms with Gasteiger partial charge in [0.05, 0.1) is 11.6 Å². The Balaban J connectivity index is 3.05. The molecule has 2 aromatic rings. The minimum Gasteiger partial charge on any atom is -0.496 e. The summed E-state index contributed by atoms with van der Waals surface area (Å²) >= 11 is 4.39. The van der Waals surface area contributed by atoms with E-state index in [0.29, 0.717) is 16.5 Å². The Kier molecular flexibility index (Phi) is 3.63. The molecule has 1 aromatic carbocycles. The van der Waals surface area contributed by atoms with Crippen LogP contribution in [0.25, 0.3) is 10.9 Å². The molecule has 2 rings (SSSR count). The van der Waals surface area contributed by atoms with Gasteiger partial charge in [-0.05, 0) is 29.1 Å². The van der Waals surface area contributed by atoms with Gasteiger partial charge in [-0.3, -0.25) is 4.79 Å². The van der Waals surface area contributed by atoms with Gasteiger partial charge in [0.25, 0.3) is 5.56 Å². The number of hydrogen-bond acceptors (Lipinski definition) is 4. The Bertz CT molecular complexity index is 687. The van der Waals surface area contributed by atoms with Crippen LogP contribution in [-0.4, -0.2) is 23.3 Å². The lowest BCUT2D eigenvalue weighted by molar-refractivity contribution is 0.415. The number of aromatic nitrogens is 2. The van der Waals surface area contributed by atoms with Crippen molar-refractivity contribution in [3.8, 4) is 5.75 Å². The average Bonchev–Trinajstić information content (AvgIpc) is 2.37. The third-order valence-electron chi connectivity index (χ3n) is 2.59. The van der Waals surface area contributed by atoms with Gasteiger partial charge in [-0.25, -0.2) is 9.37 Å². The van der Waals surface area contributed by atoms with Crippen LogP contribution in [-0.2, 0) is 0 Å². The zero-order chi connectivity index (χ0) is 13.4. The molecular formula is C11H10BrFN2O2S. The normalized spacial score (nSPS) is 10.9. The molecular weight excluding hydrogens is 323 g/mol. The second kappa shape index (κ2) is 4.89. The van der Waals surface area contributed by atoms with Gasteiger partial charge in [0.1, 0.15) is 16.7 Å². The second-order valence-electron chi connectivity index (χ2n) is 3.59. The summed E-state index contributed by atoms with van der Waals surface area (Å²) < 4.78 is 19.6. The number of aromatic amines is 1. The Hall–Kier alpha value is -1.08. The molecule has 0 unspecified atom stereocenters. The fourth-order valence-corrected chi connectivity index (χ4v) is 2.47. The van der Waals surface area contributed by atoms with Crippen molar-refractivity contribution < 1.29 is 9.13 Å². The summed E-state index contributed by atoms with van der Waals surface area (Å²) in [6.07, 6.45) is 1.75. The van der Waals surface area contributed by atoms with E-state index in [1.54, 1.807) is 13.2 Å². The molecule has 4 nitrogen and oxygen atoms in total. The number of benzene rings is 1. The first-order chi connectivity index (χ1) is 8.51. The monoisotopic (exact) mass is 332 g/mol. The van der Waals surface area contributed by atoms with Gasteiger partial charge in [-0.15, -0.1) is 0 Å². The molecule has 0 aliphatic heterocycles. The van der Waals surface area contributed by atoms with Gasteiger partial charge in [0.15, 0.2) is 11.0 Å². The molecule has 18 heavy (non-hydrogen) atoms. The lowest BCUT2D eigenvalue weighted by atomic mass is 10.1. The molecule has 0 spiro atoms. The van der Waals surface area contributed by atoms with E-state index in [4.69, 9.17) is 4.74 Å². The third-order valence-corrected chi connectivity index (χ3v) is 4.12. The summed E-state index contributed by atoms with van der Waals surface area (Å²) in [7, 11) is 1.44. The molecule has 1 N–H and O–H groups in total. The van der Waals surface area contributed by atoms with E-state index in [2.05, 4.69) is 25.9 Å². The zero-order valence-electron chi connectivity index (χ0n) is 9.93. The van der Waals surface area contributed by atoms with Crippen molar-refractivity contribution >= 4 is 38.6 Å². The van der Waals surface area contributed by atoms with E-state index in [-0.39, 0.29) is 15.4 Å². The Morgan fingerprint density at radius 3 is 2.72 bits per heavy atom. The molecule has 7 heteroatoms. The van der Waals surface area contributed by atoms with E-state index >= 15 is 0 Å². The van der Waals surface area contributed by atoms with Crippen LogP contribution < -0.4 is 10.3 Å². The van der Waals surface area contributed by atoms with Crippen molar-refractivity contribution in [1.82, 2.24) is 9.97 Å². The fraction of sp³-hybridized carbons (Fsp3) is 0.273. The lowest BCUT2D eigenvalue weighted by Gasteiger charge is -2.11. The van der Waals surface area contributed by atoms with Crippen LogP contribution in [0.3, 0.4) is 0 Å². The smallest absolute Gasteiger partial charge is 0.263 e. The molecule has 1 heterocycles. The Labute approximate surface area is 115 Å². The maximum atomic E-state index is 14.1. The van der Waals surface area contributed by atoms with Crippen LogP contribution in [0.1, 0.15) is 5.56 Å². The fourth-order valence-electron chi connectivity index (χ4n) is 1.73. The highest BCUT2D eigenvalue weighted by Crippen LogP contribution is 2.35. The molecule has 0 amide bonds. The van der Waals surface area contributed by atoms with Gasteiger partial charge in [-0.1, -0.05) is 11.8 Å². The predicted molar refractivity (Wildman–Crippen MR) is 73.1 cm³/mol. The summed E-state index contributed by atoms with van der Waals surface area (Å²) in [5.41, 5.74) is 0.139. The van der Waals surface area contributed by atoms with Crippen molar-refractivity contribution in [3.63, 3.8) is 0 Å². The number of thioether (sulfide) groups is 1. The Morgan fingerprint density at radius 2 is 2.17 bits per heavy atom. The molecule has 0 aliphatic carbocycles. The first-order valence-corrected chi connectivity index (χ1v) is 7.02. The first kappa shape index (κ1) is 13.4. The second-order valence-corrected chi connectivity index (χ2v) is 5.17. The number of fused-ring (bicyclic) bond motifs is 1. The number of H-pyrrole nitrogens is 1. The number of methoxy groups -OCH3 is 1. The zero-order valence-corrected chi connectivity index (χ0v) is 12.3. The van der Waals surface area contributed by atoms with E-state index in [1.807, 2.05) is 0 Å². The standard InChI is InChI=1S/C11H10BrFN2O2S/c1-4-6(12)7(13)8-5(9(4)17-2)10(16)15-11(14-8)18-3/h1-3H3,(H,14,15,16). The molecule has 96 valence electrons. The molecule has 0 saturated heterocycles. The maximum absolute atomic E-state index is 14.1. The number of nitrogens with one attached hydrogen (secondary N) is 1. The summed E-state index contributed by atoms with van der Waals surface area (Å²) in [6, 6.07) is 0. The van der Waals surface area contributed by atoms with Crippen LogP contribution in [0.2, 0.25) is 0 Å². The predicted octanol–water partition coefficient (Wildman–Crippen LogP) is 2.86. The van der Waals surface area contributed by atoms with Gasteiger partial charge in [0, 0.05) is 5.56 Å². The van der Waals surface area contributed by atoms with Crippen molar-refractivity contribution in [2.45, 2.75) is 12.1 Å². The van der Waals surface area contributed by atoms with Gasteiger partial charge >= 0.3 is 0 Å². The average molecular weight is 333 g/mol. The molecule has 0 radical (unpaired) electrons.